The van der Waals surface area contributed by atoms with Crippen LogP contribution in [0.5, 0.6) is 0 Å². The number of amides is 5. The number of hydrogen-bond acceptors (Lipinski definition) is 17. The molecule has 0 spiro atoms. The number of carbonyl (C=O) groups is 7. The highest BCUT2D eigenvalue weighted by Crippen LogP contribution is 2.25. The molecule has 9 saturated heterocycles. The molecule has 24 nitrogen and oxygen atoms in total. The molecule has 0 aromatic rings. The first kappa shape index (κ1) is 140. The molecule has 760 valence electrons. The van der Waals surface area contributed by atoms with Gasteiger partial charge in [-0.25, -0.2) is 0 Å². The van der Waals surface area contributed by atoms with Crippen LogP contribution in [-0.2, 0) is 38.3 Å². The molecule has 24 heteroatoms. The summed E-state index contributed by atoms with van der Waals surface area (Å²) < 4.78 is 5.01. The van der Waals surface area contributed by atoms with Crippen molar-refractivity contribution in [2.24, 2.45) is 59.0 Å². The molecule has 9 aliphatic heterocycles. The van der Waals surface area contributed by atoms with Gasteiger partial charge in [-0.1, -0.05) is 156 Å². The highest BCUT2D eigenvalue weighted by Gasteiger charge is 2.32. The molecule has 0 aromatic heterocycles. The first-order valence-electron chi connectivity index (χ1n) is 47.9. The third-order valence-corrected chi connectivity index (χ3v) is 24.1. The van der Waals surface area contributed by atoms with Crippen LogP contribution in [-0.4, -0.2) is 349 Å². The number of rotatable bonds is 31. The molecule has 0 aromatic carbocycles. The minimum atomic E-state index is -0.629. The fourth-order valence-electron chi connectivity index (χ4n) is 18.3. The van der Waals surface area contributed by atoms with E-state index in [1.165, 1.54) is 142 Å². The third kappa shape index (κ3) is 63.9. The number of nitrogens with one attached hydrogen (secondary N) is 1. The van der Waals surface area contributed by atoms with Crippen molar-refractivity contribution in [3.63, 3.8) is 0 Å². The quantitative estimate of drug-likeness (QED) is 0.0504. The van der Waals surface area contributed by atoms with Crippen molar-refractivity contribution in [3.8, 4) is 0 Å². The fraction of sp³-hybridized carbons (Fsp3) is 0.931. The van der Waals surface area contributed by atoms with Gasteiger partial charge in [-0.2, -0.15) is 0 Å². The van der Waals surface area contributed by atoms with E-state index in [1.807, 2.05) is 44.9 Å². The van der Waals surface area contributed by atoms with E-state index in [0.29, 0.717) is 25.0 Å². The van der Waals surface area contributed by atoms with Crippen LogP contribution < -0.4 is 11.1 Å². The Morgan fingerprint density at radius 2 is 0.603 bits per heavy atom. The maximum atomic E-state index is 12.2. The van der Waals surface area contributed by atoms with Crippen molar-refractivity contribution >= 4 is 41.5 Å². The summed E-state index contributed by atoms with van der Waals surface area (Å²) in [6.07, 6.45) is 32.1. The van der Waals surface area contributed by atoms with Crippen LogP contribution in [0, 0.1) is 53.3 Å². The molecule has 0 bridgehead atoms. The van der Waals surface area contributed by atoms with E-state index in [2.05, 4.69) is 133 Å². The van der Waals surface area contributed by atoms with Gasteiger partial charge in [0.05, 0.1) is 48.0 Å². The number of piperidine rings is 9. The SMILES string of the molecule is C.C.C.C.C.C.C.C.C.CCCN1CC(C)CC(C)C1.CCCN1CCC(C(=O)O)CC1.CCCN1CCCC(C(=O)N(C)C)C1.CCCN1CCCC(C(=O)N(C)CCC)C1.CCCN1CCCC(C(=O)N(C)CCOC)C1.CCCN1CCCC(C(=O)NCC)C1.CCCN1CCCC(C(=O)O)C1.CCCN1CCCC(C(N)=O)C1.CCCN1CCCCC1. The molecule has 9 aliphatic rings. The zero-order chi connectivity index (χ0) is 87.3. The van der Waals surface area contributed by atoms with Gasteiger partial charge in [0.2, 0.25) is 29.5 Å². The van der Waals surface area contributed by atoms with Gasteiger partial charge >= 0.3 is 11.9 Å². The molecule has 5 N–H and O–H groups in total. The maximum absolute atomic E-state index is 12.2. The Labute approximate surface area is 783 Å². The number of methoxy groups -OCH3 is 1. The summed E-state index contributed by atoms with van der Waals surface area (Å²) in [5, 5.41) is 20.4. The third-order valence-electron chi connectivity index (χ3n) is 24.1. The molecular weight excluding hydrogens is 1580 g/mol. The number of nitrogens with two attached hydrogens (primary N) is 1. The number of aliphatic carboxylic acids is 2. The van der Waals surface area contributed by atoms with Crippen molar-refractivity contribution in [1.29, 1.82) is 0 Å². The Hall–Kier alpha value is -4.11. The van der Waals surface area contributed by atoms with Crippen LogP contribution in [0.15, 0.2) is 0 Å². The van der Waals surface area contributed by atoms with Gasteiger partial charge in [-0.05, 0) is 316 Å². The largest absolute Gasteiger partial charge is 0.481 e. The van der Waals surface area contributed by atoms with Gasteiger partial charge in [0.1, 0.15) is 0 Å². The lowest BCUT2D eigenvalue weighted by molar-refractivity contribution is -0.144. The Kier molecular flexibility index (Phi) is 97.1. The summed E-state index contributed by atoms with van der Waals surface area (Å²) in [4.78, 5) is 107. The van der Waals surface area contributed by atoms with Crippen LogP contribution >= 0.6 is 0 Å². The fourth-order valence-corrected chi connectivity index (χ4v) is 18.3. The highest BCUT2D eigenvalue weighted by atomic mass is 16.5. The molecule has 0 radical (unpaired) electrons. The number of carbonyl (C=O) groups excluding carboxylic acids is 5. The van der Waals surface area contributed by atoms with Crippen molar-refractivity contribution in [1.82, 2.24) is 64.1 Å². The number of primary amides is 1. The standard InChI is InChI=1S/C13H26N2O2.C13H26N2O.2C11H22N2O.C10H21N.C9H18N2O.2C9H17NO2.C8H17N.9CH4/c1-4-7-15-8-5-6-12(11-15)13(16)14(2)9-10-17-3;1-4-8-14(3)13(16)12-7-6-10-15(11-12)9-5-2;1-4-7-13-8-5-6-10(9-13)11(14)12(2)3;1-3-7-13-8-5-6-10(9-13)11(14)12-4-2;1-4-5-11-7-9(2)6-10(3)8-11;1-2-5-11-6-3-4-8(7-11)9(10)12;1-2-5-10-6-3-8(4-7-10)9(11)12;1-2-5-10-6-3-4-8(7-10)9(11)12;1-2-6-9-7-4-3-5-8-9;;;;;;;;;/h12H,4-11H2,1-3H3;12H,4-11H2,1-3H3;10H,4-9H2,1-3H3;10H,3-9H2,1-2H3,(H,12,14);9-10H,4-8H2,1-3H3;8H,2-7H2,1H3,(H2,10,12);2*8H,2-7H2,1H3,(H,11,12);2-8H2,1H3;9*1H4. The first-order valence-corrected chi connectivity index (χ1v) is 47.9. The summed E-state index contributed by atoms with van der Waals surface area (Å²) >= 11 is 0. The Morgan fingerprint density at radius 3 is 0.921 bits per heavy atom. The Bertz CT molecular complexity index is 2460. The molecule has 126 heavy (non-hydrogen) atoms. The van der Waals surface area contributed by atoms with Crippen LogP contribution in [0.25, 0.3) is 0 Å². The molecule has 9 rings (SSSR count). The van der Waals surface area contributed by atoms with Gasteiger partial charge in [0.25, 0.3) is 0 Å². The second kappa shape index (κ2) is 87.5. The van der Waals surface area contributed by atoms with Gasteiger partial charge < -0.3 is 84.8 Å². The minimum absolute atomic E-state index is 0. The summed E-state index contributed by atoms with van der Waals surface area (Å²) in [5.74, 6) is 2.45. The number of likely N-dealkylation sites (tertiary alicyclic amines) is 9. The van der Waals surface area contributed by atoms with E-state index < -0.39 is 11.9 Å². The minimum Gasteiger partial charge on any atom is -0.481 e. The number of likely N-dealkylation sites (N-methyl/N-ethyl adjacent to an activating group) is 1. The molecule has 9 heterocycles. The first-order chi connectivity index (χ1) is 56.2. The van der Waals surface area contributed by atoms with Crippen molar-refractivity contribution in [2.45, 2.75) is 337 Å². The average Bonchev–Trinajstić information content (AvgIpc) is 0.896. The lowest BCUT2D eigenvalue weighted by atomic mass is 9.92. The summed E-state index contributed by atoms with van der Waals surface area (Å²) in [6.45, 7) is 61.6. The number of carboxylic acids is 2. The zero-order valence-corrected chi connectivity index (χ0v) is 79.0. The van der Waals surface area contributed by atoms with E-state index >= 15 is 0 Å². The van der Waals surface area contributed by atoms with E-state index in [1.54, 1.807) is 12.0 Å². The van der Waals surface area contributed by atoms with Crippen LogP contribution in [0.2, 0.25) is 0 Å². The molecule has 5 amide bonds. The predicted octanol–water partition coefficient (Wildman–Crippen LogP) is 18.6. The average molecular weight is 1800 g/mol. The van der Waals surface area contributed by atoms with Gasteiger partial charge in [-0.3, -0.25) is 33.6 Å². The van der Waals surface area contributed by atoms with Crippen molar-refractivity contribution in [2.75, 3.05) is 238 Å². The normalized spacial score (nSPS) is 22.4. The second-order valence-electron chi connectivity index (χ2n) is 35.8. The lowest BCUT2D eigenvalue weighted by Gasteiger charge is -2.34. The van der Waals surface area contributed by atoms with E-state index in [4.69, 9.17) is 20.7 Å². The molecule has 8 atom stereocenters. The van der Waals surface area contributed by atoms with Crippen LogP contribution in [0.1, 0.15) is 337 Å². The van der Waals surface area contributed by atoms with E-state index in [-0.39, 0.29) is 126 Å². The van der Waals surface area contributed by atoms with Gasteiger partial charge in [0.15, 0.2) is 0 Å². The Morgan fingerprint density at radius 1 is 0.325 bits per heavy atom. The summed E-state index contributed by atoms with van der Waals surface area (Å²) in [5.41, 5.74) is 5.26. The van der Waals surface area contributed by atoms with Gasteiger partial charge in [-0.15, -0.1) is 0 Å². The number of ether oxygens (including phenoxy) is 1. The zero-order valence-electron chi connectivity index (χ0n) is 79.0. The smallest absolute Gasteiger partial charge is 0.307 e. The molecule has 9 fully saturated rings. The topological polar surface area (TPSA) is 246 Å². The Balaban J connectivity index is -0.000000174. The van der Waals surface area contributed by atoms with E-state index in [0.717, 1.165) is 239 Å². The monoisotopic (exact) mass is 1800 g/mol. The second-order valence-corrected chi connectivity index (χ2v) is 35.8. The van der Waals surface area contributed by atoms with Gasteiger partial charge in [0, 0.05) is 107 Å². The molecular formula is C102H222N14O10. The number of nitrogens with zero attached hydrogens (tertiary/aromatic N) is 12. The van der Waals surface area contributed by atoms with Crippen LogP contribution in [0.3, 0.4) is 0 Å². The van der Waals surface area contributed by atoms with Crippen LogP contribution in [0.4, 0.5) is 0 Å². The maximum Gasteiger partial charge on any atom is 0.307 e. The van der Waals surface area contributed by atoms with Crippen molar-refractivity contribution in [3.05, 3.63) is 0 Å². The molecule has 0 saturated carbocycles. The predicted molar refractivity (Wildman–Crippen MR) is 546 cm³/mol. The van der Waals surface area contributed by atoms with E-state index in [9.17, 15) is 33.6 Å². The molecule has 0 aliphatic carbocycles. The number of carboxylic acid groups (broad SMARTS) is 2. The van der Waals surface area contributed by atoms with Crippen molar-refractivity contribution < 1.29 is 48.5 Å². The lowest BCUT2D eigenvalue weighted by Crippen LogP contribution is -2.44. The summed E-state index contributed by atoms with van der Waals surface area (Å²) in [7, 11) is 9.18. The highest BCUT2D eigenvalue weighted by molar-refractivity contribution is 5.80. The summed E-state index contributed by atoms with van der Waals surface area (Å²) in [6, 6.07) is 0. The molecule has 8 unspecified atom stereocenters. The number of hydrogen-bond donors (Lipinski definition) is 4.